The van der Waals surface area contributed by atoms with E-state index in [2.05, 4.69) is 21.2 Å². The molecule has 0 aromatic carbocycles. The normalized spacial score (nSPS) is 10.5. The Kier molecular flexibility index (Phi) is 1.81. The molecule has 1 heterocycles. The van der Waals surface area contributed by atoms with E-state index in [1.165, 1.54) is 0 Å². The summed E-state index contributed by atoms with van der Waals surface area (Å²) in [5.74, 6) is 4.68. The Labute approximate surface area is 60.0 Å². The maximum Gasteiger partial charge on any atom is 0.325 e. The summed E-state index contributed by atoms with van der Waals surface area (Å²) in [5, 5.41) is 6.12. The van der Waals surface area contributed by atoms with Gasteiger partial charge in [0.05, 0.1) is 0 Å². The molecule has 0 aliphatic carbocycles. The Hall–Kier alpha value is -1.92. The summed E-state index contributed by atoms with van der Waals surface area (Å²) in [4.78, 5) is 25.3. The number of hydrogen-bond acceptors (Lipinski definition) is 4. The molecule has 0 unspecified atom stereocenters. The van der Waals surface area contributed by atoms with Crippen LogP contribution >= 0.6 is 0 Å². The molecule has 0 amide bonds. The van der Waals surface area contributed by atoms with Gasteiger partial charge in [0.2, 0.25) is 0 Å². The molecule has 1 aromatic rings. The second-order valence-corrected chi connectivity index (χ2v) is 1.67. The van der Waals surface area contributed by atoms with Gasteiger partial charge in [-0.3, -0.25) is 9.78 Å². The Bertz CT molecular complexity index is 375. The van der Waals surface area contributed by atoms with Crippen LogP contribution in [-0.2, 0) is 0 Å². The van der Waals surface area contributed by atoms with E-state index in [4.69, 9.17) is 0 Å². The Morgan fingerprint density at radius 1 is 1.45 bits per heavy atom. The average Bonchev–Trinajstić information content (AvgIpc) is 1.95. The van der Waals surface area contributed by atoms with Gasteiger partial charge in [-0.05, 0) is 0 Å². The summed E-state index contributed by atoms with van der Waals surface area (Å²) in [7, 11) is 0. The minimum Gasteiger partial charge on any atom is -0.312 e. The average molecular weight is 155 g/mol. The third-order valence-electron chi connectivity index (χ3n) is 0.965. The van der Waals surface area contributed by atoms with Crippen LogP contribution in [-0.4, -0.2) is 9.97 Å². The first-order chi connectivity index (χ1) is 5.24. The molecule has 7 nitrogen and oxygen atoms in total. The highest BCUT2D eigenvalue weighted by atomic mass is 16.2. The SMILES string of the molecule is NN=Nc1c[nH]c(=O)[nH]c1=O. The molecule has 0 radical (unpaired) electrons. The quantitative estimate of drug-likeness (QED) is 0.275. The van der Waals surface area contributed by atoms with E-state index in [9.17, 15) is 9.59 Å². The fourth-order valence-corrected chi connectivity index (χ4v) is 0.539. The van der Waals surface area contributed by atoms with Crippen molar-refractivity contribution in [3.05, 3.63) is 27.0 Å². The third-order valence-corrected chi connectivity index (χ3v) is 0.965. The van der Waals surface area contributed by atoms with E-state index >= 15 is 0 Å². The summed E-state index contributed by atoms with van der Waals surface area (Å²) >= 11 is 0. The minimum absolute atomic E-state index is 0.0351. The summed E-state index contributed by atoms with van der Waals surface area (Å²) < 4.78 is 0. The Morgan fingerprint density at radius 2 is 2.18 bits per heavy atom. The molecule has 0 bridgehead atoms. The van der Waals surface area contributed by atoms with E-state index < -0.39 is 11.2 Å². The molecule has 0 spiro atoms. The zero-order valence-electron chi connectivity index (χ0n) is 5.37. The fraction of sp³-hybridized carbons (Fsp3) is 0. The maximum absolute atomic E-state index is 10.7. The molecule has 4 N–H and O–H groups in total. The molecule has 0 aliphatic rings. The molecule has 1 aromatic heterocycles. The zero-order valence-corrected chi connectivity index (χ0v) is 5.37. The molecular formula is C4H5N5O2. The second kappa shape index (κ2) is 2.78. The van der Waals surface area contributed by atoms with Crippen LogP contribution in [0.15, 0.2) is 26.1 Å². The van der Waals surface area contributed by atoms with Crippen LogP contribution in [0.25, 0.3) is 0 Å². The second-order valence-electron chi connectivity index (χ2n) is 1.67. The van der Waals surface area contributed by atoms with Crippen molar-refractivity contribution in [1.29, 1.82) is 0 Å². The van der Waals surface area contributed by atoms with Crippen LogP contribution in [0.5, 0.6) is 0 Å². The van der Waals surface area contributed by atoms with Gasteiger partial charge in [0, 0.05) is 6.20 Å². The van der Waals surface area contributed by atoms with Crippen molar-refractivity contribution in [2.24, 2.45) is 16.2 Å². The predicted molar refractivity (Wildman–Crippen MR) is 36.4 cm³/mol. The first-order valence-corrected chi connectivity index (χ1v) is 2.67. The monoisotopic (exact) mass is 155 g/mol. The number of nitrogens with two attached hydrogens (primary N) is 1. The molecule has 1 rings (SSSR count). The van der Waals surface area contributed by atoms with E-state index in [0.29, 0.717) is 0 Å². The minimum atomic E-state index is -0.622. The van der Waals surface area contributed by atoms with Gasteiger partial charge in [-0.25, -0.2) is 4.79 Å². The van der Waals surface area contributed by atoms with Crippen molar-refractivity contribution < 1.29 is 0 Å². The van der Waals surface area contributed by atoms with Crippen LogP contribution in [0.1, 0.15) is 0 Å². The van der Waals surface area contributed by atoms with Crippen LogP contribution in [0.2, 0.25) is 0 Å². The van der Waals surface area contributed by atoms with Gasteiger partial charge in [0.15, 0.2) is 5.69 Å². The van der Waals surface area contributed by atoms with Gasteiger partial charge >= 0.3 is 5.69 Å². The lowest BCUT2D eigenvalue weighted by atomic mass is 10.5. The lowest BCUT2D eigenvalue weighted by Gasteiger charge is -1.85. The van der Waals surface area contributed by atoms with Gasteiger partial charge < -0.3 is 10.8 Å². The molecular weight excluding hydrogens is 150 g/mol. The predicted octanol–water partition coefficient (Wildman–Crippen LogP) is -0.979. The summed E-state index contributed by atoms with van der Waals surface area (Å²) in [6, 6.07) is 0. The van der Waals surface area contributed by atoms with Crippen molar-refractivity contribution >= 4 is 5.69 Å². The number of H-pyrrole nitrogens is 2. The number of hydrogen-bond donors (Lipinski definition) is 3. The topological polar surface area (TPSA) is 116 Å². The standard InChI is InChI=1S/C4H5N5O2/c5-9-8-2-1-6-4(11)7-3(2)10/h1H,(H2,5,8)(H2,6,7,10,11). The van der Waals surface area contributed by atoms with Gasteiger partial charge in [0.25, 0.3) is 5.56 Å². The number of aromatic amines is 2. The van der Waals surface area contributed by atoms with Gasteiger partial charge in [-0.1, -0.05) is 5.22 Å². The summed E-state index contributed by atoms with van der Waals surface area (Å²) in [5.41, 5.74) is -1.25. The van der Waals surface area contributed by atoms with E-state index in [0.717, 1.165) is 6.20 Å². The fourth-order valence-electron chi connectivity index (χ4n) is 0.539. The third kappa shape index (κ3) is 1.51. The lowest BCUT2D eigenvalue weighted by Crippen LogP contribution is -2.20. The highest BCUT2D eigenvalue weighted by Crippen LogP contribution is 1.96. The highest BCUT2D eigenvalue weighted by Gasteiger charge is 1.95. The van der Waals surface area contributed by atoms with Crippen molar-refractivity contribution in [2.75, 3.05) is 0 Å². The van der Waals surface area contributed by atoms with Crippen LogP contribution in [0.4, 0.5) is 5.69 Å². The van der Waals surface area contributed by atoms with Gasteiger partial charge in [-0.2, -0.15) is 0 Å². The number of nitrogens with zero attached hydrogens (tertiary/aromatic N) is 2. The maximum atomic E-state index is 10.7. The van der Waals surface area contributed by atoms with Gasteiger partial charge in [0.1, 0.15) is 0 Å². The molecule has 0 aliphatic heterocycles. The summed E-state index contributed by atoms with van der Waals surface area (Å²) in [6.07, 6.45) is 1.12. The molecule has 11 heavy (non-hydrogen) atoms. The first-order valence-electron chi connectivity index (χ1n) is 2.67. The van der Waals surface area contributed by atoms with E-state index in [-0.39, 0.29) is 5.69 Å². The van der Waals surface area contributed by atoms with Crippen LogP contribution in [0, 0.1) is 0 Å². The molecule has 0 atom stereocenters. The number of rotatable bonds is 1. The Balaban J connectivity index is 3.31. The molecule has 7 heteroatoms. The van der Waals surface area contributed by atoms with Crippen molar-refractivity contribution in [3.8, 4) is 0 Å². The number of aromatic nitrogens is 2. The van der Waals surface area contributed by atoms with Crippen LogP contribution in [0.3, 0.4) is 0 Å². The lowest BCUT2D eigenvalue weighted by molar-refractivity contribution is 0.987. The largest absolute Gasteiger partial charge is 0.325 e. The highest BCUT2D eigenvalue weighted by molar-refractivity contribution is 5.27. The molecule has 0 saturated heterocycles. The summed E-state index contributed by atoms with van der Waals surface area (Å²) in [6.45, 7) is 0. The number of nitrogens with one attached hydrogen (secondary N) is 2. The van der Waals surface area contributed by atoms with Crippen LogP contribution < -0.4 is 17.1 Å². The van der Waals surface area contributed by atoms with Crippen molar-refractivity contribution in [3.63, 3.8) is 0 Å². The van der Waals surface area contributed by atoms with Crippen molar-refractivity contribution in [1.82, 2.24) is 9.97 Å². The zero-order chi connectivity index (χ0) is 8.27. The van der Waals surface area contributed by atoms with E-state index in [1.807, 2.05) is 4.98 Å². The molecule has 0 fully saturated rings. The first kappa shape index (κ1) is 7.19. The smallest absolute Gasteiger partial charge is 0.312 e. The van der Waals surface area contributed by atoms with Gasteiger partial charge in [-0.15, -0.1) is 5.11 Å². The Morgan fingerprint density at radius 3 is 2.73 bits per heavy atom. The van der Waals surface area contributed by atoms with Crippen molar-refractivity contribution in [2.45, 2.75) is 0 Å². The molecule has 58 valence electrons. The van der Waals surface area contributed by atoms with E-state index in [1.54, 1.807) is 0 Å². The molecule has 0 saturated carbocycles.